The van der Waals surface area contributed by atoms with Crippen LogP contribution in [0.4, 0.5) is 0 Å². The maximum absolute atomic E-state index is 11.4. The molecule has 3 rings (SSSR count). The molecule has 1 saturated heterocycles. The van der Waals surface area contributed by atoms with Crippen molar-refractivity contribution in [2.75, 3.05) is 11.5 Å². The minimum atomic E-state index is -2.90. The summed E-state index contributed by atoms with van der Waals surface area (Å²) in [6.07, 6.45) is 2.91. The van der Waals surface area contributed by atoms with E-state index in [1.165, 1.54) is 0 Å². The number of hydrogen-bond acceptors (Lipinski definition) is 4. The standard InChI is InChI=1S/C11H13ClN2O2S/c12-10-5-9(7-1-2-7)13-11(14-10)8-3-4-17(15,16)6-8/h5,7-8H,1-4,6H2. The second-order valence-corrected chi connectivity index (χ2v) is 7.46. The molecule has 1 aromatic rings. The SMILES string of the molecule is O=S1(=O)CCC(c2nc(Cl)cc(C3CC3)n2)C1. The van der Waals surface area contributed by atoms with Crippen LogP contribution < -0.4 is 0 Å². The molecule has 17 heavy (non-hydrogen) atoms. The fourth-order valence-electron chi connectivity index (χ4n) is 2.22. The van der Waals surface area contributed by atoms with Gasteiger partial charge in [-0.1, -0.05) is 11.6 Å². The Morgan fingerprint density at radius 1 is 1.18 bits per heavy atom. The number of aromatic nitrogens is 2. The average Bonchev–Trinajstić information content (AvgIpc) is 3.02. The molecule has 0 amide bonds. The molecule has 6 heteroatoms. The Bertz CT molecular complexity index is 555. The van der Waals surface area contributed by atoms with E-state index >= 15 is 0 Å². The van der Waals surface area contributed by atoms with Crippen molar-refractivity contribution >= 4 is 21.4 Å². The lowest BCUT2D eigenvalue weighted by molar-refractivity contribution is 0.601. The highest BCUT2D eigenvalue weighted by Gasteiger charge is 2.33. The van der Waals surface area contributed by atoms with E-state index in [2.05, 4.69) is 9.97 Å². The van der Waals surface area contributed by atoms with Crippen molar-refractivity contribution in [2.45, 2.75) is 31.1 Å². The van der Waals surface area contributed by atoms with Gasteiger partial charge in [0, 0.05) is 17.5 Å². The van der Waals surface area contributed by atoms with Gasteiger partial charge in [-0.3, -0.25) is 0 Å². The van der Waals surface area contributed by atoms with E-state index in [0.717, 1.165) is 18.5 Å². The number of rotatable bonds is 2. The van der Waals surface area contributed by atoms with Crippen LogP contribution in [0.25, 0.3) is 0 Å². The van der Waals surface area contributed by atoms with Gasteiger partial charge in [0.15, 0.2) is 9.84 Å². The first-order valence-corrected chi connectivity index (χ1v) is 7.98. The van der Waals surface area contributed by atoms with Crippen molar-refractivity contribution in [1.29, 1.82) is 0 Å². The largest absolute Gasteiger partial charge is 0.237 e. The van der Waals surface area contributed by atoms with Crippen LogP contribution in [0.5, 0.6) is 0 Å². The minimum Gasteiger partial charge on any atom is -0.237 e. The summed E-state index contributed by atoms with van der Waals surface area (Å²) in [7, 11) is -2.90. The van der Waals surface area contributed by atoms with Crippen molar-refractivity contribution in [2.24, 2.45) is 0 Å². The Balaban J connectivity index is 1.92. The van der Waals surface area contributed by atoms with Gasteiger partial charge in [-0.25, -0.2) is 18.4 Å². The van der Waals surface area contributed by atoms with E-state index in [-0.39, 0.29) is 17.4 Å². The van der Waals surface area contributed by atoms with Gasteiger partial charge >= 0.3 is 0 Å². The summed E-state index contributed by atoms with van der Waals surface area (Å²) in [6.45, 7) is 0. The number of hydrogen-bond donors (Lipinski definition) is 0. The molecule has 2 heterocycles. The monoisotopic (exact) mass is 272 g/mol. The van der Waals surface area contributed by atoms with Crippen LogP contribution in [0, 0.1) is 0 Å². The molecule has 0 radical (unpaired) electrons. The highest BCUT2D eigenvalue weighted by molar-refractivity contribution is 7.91. The minimum absolute atomic E-state index is 0.0730. The molecule has 2 aliphatic rings. The van der Waals surface area contributed by atoms with Crippen LogP contribution >= 0.6 is 11.6 Å². The number of sulfone groups is 1. The molecule has 1 atom stereocenters. The average molecular weight is 273 g/mol. The zero-order chi connectivity index (χ0) is 12.0. The van der Waals surface area contributed by atoms with Crippen LogP contribution in [0.2, 0.25) is 5.15 Å². The molecule has 4 nitrogen and oxygen atoms in total. The van der Waals surface area contributed by atoms with Crippen molar-refractivity contribution in [3.63, 3.8) is 0 Å². The van der Waals surface area contributed by atoms with Gasteiger partial charge in [0.1, 0.15) is 11.0 Å². The predicted molar refractivity (Wildman–Crippen MR) is 65.0 cm³/mol. The Morgan fingerprint density at radius 3 is 2.53 bits per heavy atom. The fraction of sp³-hybridized carbons (Fsp3) is 0.636. The summed E-state index contributed by atoms with van der Waals surface area (Å²) in [4.78, 5) is 8.66. The number of nitrogens with zero attached hydrogens (tertiary/aromatic N) is 2. The van der Waals surface area contributed by atoms with Gasteiger partial charge in [0.2, 0.25) is 0 Å². The fourth-order valence-corrected chi connectivity index (χ4v) is 4.16. The molecule has 0 spiro atoms. The summed E-state index contributed by atoms with van der Waals surface area (Å²) in [5, 5.41) is 0.432. The molecular weight excluding hydrogens is 260 g/mol. The summed E-state index contributed by atoms with van der Waals surface area (Å²) in [5.41, 5.74) is 0.976. The van der Waals surface area contributed by atoms with Crippen molar-refractivity contribution < 1.29 is 8.42 Å². The van der Waals surface area contributed by atoms with Crippen LogP contribution in [0.3, 0.4) is 0 Å². The van der Waals surface area contributed by atoms with E-state index in [0.29, 0.717) is 23.3 Å². The molecule has 1 aliphatic heterocycles. The molecule has 0 N–H and O–H groups in total. The summed E-state index contributed by atoms with van der Waals surface area (Å²) < 4.78 is 22.9. The van der Waals surface area contributed by atoms with E-state index in [1.54, 1.807) is 6.07 Å². The van der Waals surface area contributed by atoms with Crippen molar-refractivity contribution in [3.05, 3.63) is 22.7 Å². The molecule has 0 aromatic carbocycles. The normalized spacial score (nSPS) is 27.2. The van der Waals surface area contributed by atoms with Gasteiger partial charge in [0.05, 0.1) is 11.5 Å². The van der Waals surface area contributed by atoms with Gasteiger partial charge in [0.25, 0.3) is 0 Å². The van der Waals surface area contributed by atoms with Crippen LogP contribution in [-0.2, 0) is 9.84 Å². The smallest absolute Gasteiger partial charge is 0.151 e. The van der Waals surface area contributed by atoms with E-state index < -0.39 is 9.84 Å². The topological polar surface area (TPSA) is 59.9 Å². The highest BCUT2D eigenvalue weighted by atomic mass is 35.5. The van der Waals surface area contributed by atoms with Gasteiger partial charge in [-0.2, -0.15) is 0 Å². The maximum Gasteiger partial charge on any atom is 0.151 e. The van der Waals surface area contributed by atoms with E-state index in [4.69, 9.17) is 11.6 Å². The summed E-state index contributed by atoms with van der Waals surface area (Å²) in [6, 6.07) is 1.80. The second-order valence-electron chi connectivity index (χ2n) is 4.85. The van der Waals surface area contributed by atoms with Gasteiger partial charge in [-0.05, 0) is 25.3 Å². The van der Waals surface area contributed by atoms with Crippen molar-refractivity contribution in [1.82, 2.24) is 9.97 Å². The predicted octanol–water partition coefficient (Wildman–Crippen LogP) is 1.91. The third-order valence-corrected chi connectivity index (χ3v) is 5.29. The first-order chi connectivity index (χ1) is 8.03. The lowest BCUT2D eigenvalue weighted by Gasteiger charge is -2.08. The molecule has 1 unspecified atom stereocenters. The van der Waals surface area contributed by atoms with Crippen LogP contribution in [0.15, 0.2) is 6.07 Å². The maximum atomic E-state index is 11.4. The number of halogens is 1. The Kier molecular flexibility index (Phi) is 2.63. The Hall–Kier alpha value is -0.680. The lowest BCUT2D eigenvalue weighted by Crippen LogP contribution is -2.08. The second kappa shape index (κ2) is 3.92. The van der Waals surface area contributed by atoms with E-state index in [9.17, 15) is 8.42 Å². The Morgan fingerprint density at radius 2 is 1.94 bits per heavy atom. The molecule has 92 valence electrons. The van der Waals surface area contributed by atoms with Gasteiger partial charge in [-0.15, -0.1) is 0 Å². The molecule has 1 aromatic heterocycles. The van der Waals surface area contributed by atoms with E-state index in [1.807, 2.05) is 0 Å². The molecule has 0 bridgehead atoms. The zero-order valence-electron chi connectivity index (χ0n) is 9.26. The molecule has 1 saturated carbocycles. The third-order valence-electron chi connectivity index (χ3n) is 3.33. The molecular formula is C11H13ClN2O2S. The van der Waals surface area contributed by atoms with Crippen LogP contribution in [-0.4, -0.2) is 29.9 Å². The first kappa shape index (κ1) is 11.4. The molecule has 1 aliphatic carbocycles. The summed E-state index contributed by atoms with van der Waals surface area (Å²) >= 11 is 5.97. The lowest BCUT2D eigenvalue weighted by atomic mass is 10.1. The summed E-state index contributed by atoms with van der Waals surface area (Å²) in [5.74, 6) is 1.45. The zero-order valence-corrected chi connectivity index (χ0v) is 10.8. The Labute approximate surface area is 105 Å². The first-order valence-electron chi connectivity index (χ1n) is 5.78. The van der Waals surface area contributed by atoms with Gasteiger partial charge < -0.3 is 0 Å². The third kappa shape index (κ3) is 2.45. The highest BCUT2D eigenvalue weighted by Crippen LogP contribution is 2.40. The van der Waals surface area contributed by atoms with Crippen LogP contribution in [0.1, 0.15) is 42.6 Å². The van der Waals surface area contributed by atoms with Crippen molar-refractivity contribution in [3.8, 4) is 0 Å². The quantitative estimate of drug-likeness (QED) is 0.772. The molecule has 2 fully saturated rings.